The first-order valence-corrected chi connectivity index (χ1v) is 7.01. The Hall–Kier alpha value is -2.18. The van der Waals surface area contributed by atoms with E-state index in [1.54, 1.807) is 18.2 Å². The lowest BCUT2D eigenvalue weighted by Crippen LogP contribution is -3.00. The fourth-order valence-corrected chi connectivity index (χ4v) is 2.34. The van der Waals surface area contributed by atoms with Crippen LogP contribution in [0.3, 0.4) is 0 Å². The van der Waals surface area contributed by atoms with Gasteiger partial charge in [-0.15, -0.1) is 0 Å². The third kappa shape index (κ3) is 3.60. The Bertz CT molecular complexity index is 693. The molecule has 0 spiro atoms. The number of benzene rings is 1. The molecule has 0 amide bonds. The van der Waals surface area contributed by atoms with E-state index in [4.69, 9.17) is 11.6 Å². The molecule has 2 rings (SSSR count). The summed E-state index contributed by atoms with van der Waals surface area (Å²) in [6.07, 6.45) is 1.94. The number of nitrogens with two attached hydrogens (primary N) is 2. The summed E-state index contributed by atoms with van der Waals surface area (Å²) >= 11 is 0. The molecule has 23 heavy (non-hydrogen) atoms. The molecule has 0 saturated carbocycles. The molecule has 0 bridgehead atoms. The smallest absolute Gasteiger partial charge is 0.368 e. The largest absolute Gasteiger partial charge is 1.00 e. The molecule has 1 unspecified atom stereocenters. The van der Waals surface area contributed by atoms with Gasteiger partial charge >= 0.3 is 5.96 Å². The molecule has 0 saturated heterocycles. The number of likely N-dealkylation sites (N-methyl/N-ethyl adjacent to an activating group) is 1. The molecule has 0 aromatic heterocycles. The normalized spacial score (nSPS) is 17.5. The maximum absolute atomic E-state index is 11.7. The first kappa shape index (κ1) is 18.9. The van der Waals surface area contributed by atoms with E-state index in [2.05, 4.69) is 0 Å². The molecule has 0 radical (unpaired) electrons. The molecule has 1 aromatic carbocycles. The summed E-state index contributed by atoms with van der Waals surface area (Å²) in [5, 5.41) is 1.36. The molecule has 124 valence electrons. The van der Waals surface area contributed by atoms with E-state index in [0.29, 0.717) is 28.3 Å². The van der Waals surface area contributed by atoms with Crippen LogP contribution in [0.4, 0.5) is 0 Å². The second-order valence-electron chi connectivity index (χ2n) is 5.54. The van der Waals surface area contributed by atoms with Gasteiger partial charge in [0.15, 0.2) is 11.6 Å². The van der Waals surface area contributed by atoms with Crippen LogP contribution >= 0.6 is 0 Å². The van der Waals surface area contributed by atoms with Crippen LogP contribution in [-0.2, 0) is 0 Å². The van der Waals surface area contributed by atoms with E-state index in [0.717, 1.165) is 0 Å². The molecule has 7 heteroatoms. The van der Waals surface area contributed by atoms with Gasteiger partial charge in [-0.25, -0.2) is 0 Å². The number of carbonyl (C=O) groups excluding carboxylic acids is 2. The standard InChI is InChI=1S/C16H20N4O2.ClH/c1-9-5-15(20(18)16(17)19(9)4)14-7-12(10(2)21)6-13(8-14)11(3)22;/h5-9,17H,18H2,1-4H3;1H. The molecule has 0 aliphatic carbocycles. The zero-order valence-electron chi connectivity index (χ0n) is 13.6. The highest BCUT2D eigenvalue weighted by Crippen LogP contribution is 2.24. The number of halogens is 1. The average Bonchev–Trinajstić information content (AvgIpc) is 2.48. The molecule has 6 nitrogen and oxygen atoms in total. The quantitative estimate of drug-likeness (QED) is 0.377. The van der Waals surface area contributed by atoms with Crippen LogP contribution in [-0.4, -0.2) is 40.2 Å². The SMILES string of the molecule is CC(=O)c1cc(C(C)=O)cc(C2=CC(C)[N+](C)=C(N)N2N)c1.[Cl-]. The van der Waals surface area contributed by atoms with Gasteiger partial charge in [-0.2, -0.15) is 10.9 Å². The van der Waals surface area contributed by atoms with Crippen molar-refractivity contribution in [3.8, 4) is 0 Å². The summed E-state index contributed by atoms with van der Waals surface area (Å²) in [6, 6.07) is 5.11. The van der Waals surface area contributed by atoms with Crippen LogP contribution < -0.4 is 24.0 Å². The van der Waals surface area contributed by atoms with E-state index < -0.39 is 0 Å². The van der Waals surface area contributed by atoms with Crippen LogP contribution in [0.5, 0.6) is 0 Å². The van der Waals surface area contributed by atoms with Crippen molar-refractivity contribution in [2.24, 2.45) is 11.6 Å². The fraction of sp³-hybridized carbons (Fsp3) is 0.312. The Balaban J connectivity index is 0.00000264. The first-order chi connectivity index (χ1) is 10.2. The number of hydrogen-bond acceptors (Lipinski definition) is 5. The van der Waals surface area contributed by atoms with Gasteiger partial charge in [0.2, 0.25) is 0 Å². The molecule has 1 aromatic rings. The molecule has 1 aliphatic rings. The van der Waals surface area contributed by atoms with Crippen LogP contribution in [0.1, 0.15) is 47.1 Å². The van der Waals surface area contributed by atoms with Gasteiger partial charge in [0.25, 0.3) is 0 Å². The molecule has 0 fully saturated rings. The van der Waals surface area contributed by atoms with Gasteiger partial charge in [0, 0.05) is 16.7 Å². The van der Waals surface area contributed by atoms with Crippen LogP contribution in [0.25, 0.3) is 5.70 Å². The van der Waals surface area contributed by atoms with Crippen molar-refractivity contribution >= 4 is 23.2 Å². The molecule has 4 N–H and O–H groups in total. The summed E-state index contributed by atoms with van der Waals surface area (Å²) < 4.78 is 1.84. The summed E-state index contributed by atoms with van der Waals surface area (Å²) in [4.78, 5) is 23.4. The lowest BCUT2D eigenvalue weighted by atomic mass is 9.98. The van der Waals surface area contributed by atoms with E-state index >= 15 is 0 Å². The number of hydrazine groups is 1. The second kappa shape index (κ2) is 6.93. The van der Waals surface area contributed by atoms with Gasteiger partial charge in [-0.3, -0.25) is 19.9 Å². The van der Waals surface area contributed by atoms with E-state index in [1.807, 2.05) is 24.6 Å². The minimum atomic E-state index is -0.105. The zero-order valence-corrected chi connectivity index (χ0v) is 14.4. The lowest BCUT2D eigenvalue weighted by Gasteiger charge is -2.25. The molecular weight excluding hydrogens is 316 g/mol. The number of Topliss-reactive ketones (excluding diaryl/α,β-unsaturated/α-hetero) is 2. The number of rotatable bonds is 3. The van der Waals surface area contributed by atoms with Crippen molar-refractivity contribution < 1.29 is 26.6 Å². The third-order valence-corrected chi connectivity index (χ3v) is 3.92. The highest BCUT2D eigenvalue weighted by molar-refractivity contribution is 6.01. The fourth-order valence-electron chi connectivity index (χ4n) is 2.34. The molecule has 1 heterocycles. The molecular formula is C16H21ClN4O2. The van der Waals surface area contributed by atoms with Crippen molar-refractivity contribution in [3.63, 3.8) is 0 Å². The number of hydrogen-bond donors (Lipinski definition) is 2. The van der Waals surface area contributed by atoms with Crippen molar-refractivity contribution in [2.75, 3.05) is 7.05 Å². The maximum atomic E-state index is 11.7. The Labute approximate surface area is 141 Å². The number of carbonyl (C=O) groups is 2. The van der Waals surface area contributed by atoms with Crippen molar-refractivity contribution in [1.29, 1.82) is 0 Å². The number of guanidine groups is 1. The summed E-state index contributed by atoms with van der Waals surface area (Å²) in [5.41, 5.74) is 8.33. The number of nitrogens with zero attached hydrogens (tertiary/aromatic N) is 2. The van der Waals surface area contributed by atoms with Crippen LogP contribution in [0, 0.1) is 0 Å². The van der Waals surface area contributed by atoms with Gasteiger partial charge in [0.1, 0.15) is 5.70 Å². The summed E-state index contributed by atoms with van der Waals surface area (Å²) in [7, 11) is 1.85. The Kier molecular flexibility index (Phi) is 5.69. The molecule has 1 aliphatic heterocycles. The second-order valence-corrected chi connectivity index (χ2v) is 5.54. The van der Waals surface area contributed by atoms with E-state index in [-0.39, 0.29) is 30.0 Å². The zero-order chi connectivity index (χ0) is 16.6. The predicted octanol–water partition coefficient (Wildman–Crippen LogP) is -2.03. The third-order valence-electron chi connectivity index (χ3n) is 3.92. The highest BCUT2D eigenvalue weighted by Gasteiger charge is 2.28. The van der Waals surface area contributed by atoms with Gasteiger partial charge < -0.3 is 12.4 Å². The van der Waals surface area contributed by atoms with Crippen molar-refractivity contribution in [3.05, 3.63) is 41.0 Å². The number of ketones is 2. The monoisotopic (exact) mass is 336 g/mol. The maximum Gasteiger partial charge on any atom is 0.368 e. The Morgan fingerprint density at radius 3 is 2.04 bits per heavy atom. The Morgan fingerprint density at radius 2 is 1.61 bits per heavy atom. The van der Waals surface area contributed by atoms with Gasteiger partial charge in [-0.05, 0) is 45.0 Å². The van der Waals surface area contributed by atoms with E-state index in [1.165, 1.54) is 18.9 Å². The first-order valence-electron chi connectivity index (χ1n) is 7.01. The minimum absolute atomic E-state index is 0. The molecule has 1 atom stereocenters. The van der Waals surface area contributed by atoms with Crippen LogP contribution in [0.15, 0.2) is 24.3 Å². The Morgan fingerprint density at radius 1 is 1.13 bits per heavy atom. The lowest BCUT2D eigenvalue weighted by molar-refractivity contribution is -0.528. The van der Waals surface area contributed by atoms with Crippen LogP contribution in [0.2, 0.25) is 0 Å². The summed E-state index contributed by atoms with van der Waals surface area (Å²) in [5.74, 6) is 6.25. The predicted molar refractivity (Wildman–Crippen MR) is 85.3 cm³/mol. The topological polar surface area (TPSA) is 92.4 Å². The van der Waals surface area contributed by atoms with Gasteiger partial charge in [0.05, 0.1) is 13.1 Å². The summed E-state index contributed by atoms with van der Waals surface area (Å²) in [6.45, 7) is 4.92. The average molecular weight is 337 g/mol. The van der Waals surface area contributed by atoms with E-state index in [9.17, 15) is 9.59 Å². The van der Waals surface area contributed by atoms with Crippen molar-refractivity contribution in [2.45, 2.75) is 26.8 Å². The van der Waals surface area contributed by atoms with Crippen molar-refractivity contribution in [1.82, 2.24) is 5.01 Å². The van der Waals surface area contributed by atoms with Gasteiger partial charge in [-0.1, -0.05) is 0 Å². The minimum Gasteiger partial charge on any atom is -1.00 e. The highest BCUT2D eigenvalue weighted by atomic mass is 35.5.